The maximum atomic E-state index is 13.2. The van der Waals surface area contributed by atoms with Crippen molar-refractivity contribution in [1.29, 1.82) is 0 Å². The molecular formula is C17H22NO3P. The molecule has 0 aliphatic carbocycles. The van der Waals surface area contributed by atoms with Crippen LogP contribution >= 0.6 is 7.37 Å². The zero-order valence-corrected chi connectivity index (χ0v) is 14.2. The van der Waals surface area contributed by atoms with E-state index in [9.17, 15) is 9.67 Å². The molecule has 2 aromatic rings. The molecule has 0 heterocycles. The Morgan fingerprint density at radius 2 is 1.59 bits per heavy atom. The minimum atomic E-state index is -3.39. The summed E-state index contributed by atoms with van der Waals surface area (Å²) < 4.78 is 18.4. The van der Waals surface area contributed by atoms with Crippen molar-refractivity contribution in [3.63, 3.8) is 0 Å². The van der Waals surface area contributed by atoms with E-state index in [4.69, 9.17) is 4.52 Å². The quantitative estimate of drug-likeness (QED) is 0.859. The molecule has 2 rings (SSSR count). The van der Waals surface area contributed by atoms with Crippen LogP contribution in [0, 0.1) is 6.92 Å². The van der Waals surface area contributed by atoms with Crippen LogP contribution in [-0.4, -0.2) is 26.3 Å². The largest absolute Gasteiger partial charge is 0.378 e. The number of aliphatic hydroxyl groups is 1. The third-order valence-electron chi connectivity index (χ3n) is 3.69. The van der Waals surface area contributed by atoms with Crippen LogP contribution in [0.4, 0.5) is 5.69 Å². The summed E-state index contributed by atoms with van der Waals surface area (Å²) in [4.78, 5) is 1.96. The first-order chi connectivity index (χ1) is 10.4. The number of hydrogen-bond donors (Lipinski definition) is 1. The Morgan fingerprint density at radius 3 is 2.05 bits per heavy atom. The highest BCUT2D eigenvalue weighted by atomic mass is 31.2. The molecule has 0 fully saturated rings. The van der Waals surface area contributed by atoms with E-state index in [0.29, 0.717) is 10.9 Å². The summed E-state index contributed by atoms with van der Waals surface area (Å²) in [6.07, 6.45) is 0. The third kappa shape index (κ3) is 3.25. The molecule has 0 aliphatic rings. The van der Waals surface area contributed by atoms with E-state index in [1.54, 1.807) is 24.3 Å². The highest BCUT2D eigenvalue weighted by Gasteiger charge is 2.35. The van der Waals surface area contributed by atoms with Gasteiger partial charge in [0.15, 0.2) is 5.85 Å². The van der Waals surface area contributed by atoms with Gasteiger partial charge < -0.3 is 14.5 Å². The van der Waals surface area contributed by atoms with Gasteiger partial charge in [0, 0.05) is 32.2 Å². The van der Waals surface area contributed by atoms with Gasteiger partial charge in [0.05, 0.1) is 0 Å². The summed E-state index contributed by atoms with van der Waals surface area (Å²) in [6, 6.07) is 14.5. The molecule has 0 aliphatic heterocycles. The smallest absolute Gasteiger partial charge is 0.263 e. The average molecular weight is 319 g/mol. The van der Waals surface area contributed by atoms with Crippen molar-refractivity contribution in [2.24, 2.45) is 0 Å². The van der Waals surface area contributed by atoms with Crippen LogP contribution in [-0.2, 0) is 9.09 Å². The first kappa shape index (κ1) is 16.8. The highest BCUT2D eigenvalue weighted by Crippen LogP contribution is 2.57. The van der Waals surface area contributed by atoms with Gasteiger partial charge in [0.1, 0.15) is 0 Å². The number of aliphatic hydroxyl groups excluding tert-OH is 1. The minimum absolute atomic E-state index is 0.508. The molecule has 0 aromatic heterocycles. The summed E-state index contributed by atoms with van der Waals surface area (Å²) in [5.41, 5.74) is 2.67. The summed E-state index contributed by atoms with van der Waals surface area (Å²) in [5.74, 6) is -1.18. The topological polar surface area (TPSA) is 49.8 Å². The van der Waals surface area contributed by atoms with Gasteiger partial charge in [-0.05, 0) is 36.8 Å². The van der Waals surface area contributed by atoms with E-state index < -0.39 is 13.2 Å². The van der Waals surface area contributed by atoms with Gasteiger partial charge in [-0.1, -0.05) is 29.8 Å². The highest BCUT2D eigenvalue weighted by molar-refractivity contribution is 7.67. The first-order valence-electron chi connectivity index (χ1n) is 7.06. The fraction of sp³-hybridized carbons (Fsp3) is 0.294. The van der Waals surface area contributed by atoms with Gasteiger partial charge in [-0.3, -0.25) is 4.57 Å². The Morgan fingerprint density at radius 1 is 1.05 bits per heavy atom. The van der Waals surface area contributed by atoms with Gasteiger partial charge in [0.2, 0.25) is 0 Å². The average Bonchev–Trinajstić information content (AvgIpc) is 2.54. The zero-order chi connectivity index (χ0) is 16.3. The maximum absolute atomic E-state index is 13.2. The van der Waals surface area contributed by atoms with Crippen LogP contribution < -0.4 is 10.2 Å². The van der Waals surface area contributed by atoms with Crippen molar-refractivity contribution in [2.75, 3.05) is 26.1 Å². The van der Waals surface area contributed by atoms with Gasteiger partial charge in [-0.25, -0.2) is 0 Å². The monoisotopic (exact) mass is 319 g/mol. The Hall–Kier alpha value is -1.61. The second kappa shape index (κ2) is 6.66. The molecule has 0 radical (unpaired) electrons. The van der Waals surface area contributed by atoms with Crippen molar-refractivity contribution >= 4 is 18.4 Å². The predicted octanol–water partition coefficient (Wildman–Crippen LogP) is 3.30. The number of benzene rings is 2. The molecule has 0 unspecified atom stereocenters. The second-order valence-corrected chi connectivity index (χ2v) is 8.04. The lowest BCUT2D eigenvalue weighted by Crippen LogP contribution is -2.15. The van der Waals surface area contributed by atoms with Crippen molar-refractivity contribution < 1.29 is 14.2 Å². The lowest BCUT2D eigenvalue weighted by Gasteiger charge is -2.23. The molecule has 5 heteroatoms. The molecule has 0 bridgehead atoms. The Labute approximate surface area is 131 Å². The van der Waals surface area contributed by atoms with E-state index >= 15 is 0 Å². The number of hydrogen-bond acceptors (Lipinski definition) is 4. The van der Waals surface area contributed by atoms with Crippen molar-refractivity contribution in [3.05, 3.63) is 59.7 Å². The summed E-state index contributed by atoms with van der Waals surface area (Å²) >= 11 is 0. The molecule has 22 heavy (non-hydrogen) atoms. The summed E-state index contributed by atoms with van der Waals surface area (Å²) in [5, 5.41) is 11.1. The van der Waals surface area contributed by atoms with Crippen molar-refractivity contribution in [1.82, 2.24) is 0 Å². The molecule has 2 atom stereocenters. The lowest BCUT2D eigenvalue weighted by molar-refractivity contribution is 0.229. The Balaban J connectivity index is 2.38. The van der Waals surface area contributed by atoms with Crippen LogP contribution in [0.25, 0.3) is 0 Å². The van der Waals surface area contributed by atoms with Crippen LogP contribution in [0.2, 0.25) is 0 Å². The number of nitrogens with zero attached hydrogens (tertiary/aromatic N) is 1. The molecule has 0 saturated carbocycles. The predicted molar refractivity (Wildman–Crippen MR) is 91.2 cm³/mol. The zero-order valence-electron chi connectivity index (χ0n) is 13.4. The van der Waals surface area contributed by atoms with Crippen molar-refractivity contribution in [2.45, 2.75) is 12.8 Å². The molecule has 118 valence electrons. The number of anilines is 1. The van der Waals surface area contributed by atoms with Crippen LogP contribution in [0.15, 0.2) is 48.5 Å². The Bertz CT molecular complexity index is 665. The lowest BCUT2D eigenvalue weighted by atomic mass is 10.2. The van der Waals surface area contributed by atoms with Crippen molar-refractivity contribution in [3.8, 4) is 0 Å². The van der Waals surface area contributed by atoms with Gasteiger partial charge in [-0.2, -0.15) is 0 Å². The van der Waals surface area contributed by atoms with E-state index in [0.717, 1.165) is 11.3 Å². The molecular weight excluding hydrogens is 297 g/mol. The van der Waals surface area contributed by atoms with E-state index in [1.165, 1.54) is 7.11 Å². The molecule has 4 nitrogen and oxygen atoms in total. The molecule has 2 aromatic carbocycles. The van der Waals surface area contributed by atoms with E-state index in [1.807, 2.05) is 50.2 Å². The minimum Gasteiger partial charge on any atom is -0.378 e. The fourth-order valence-corrected chi connectivity index (χ4v) is 4.06. The van der Waals surface area contributed by atoms with Crippen LogP contribution in [0.5, 0.6) is 0 Å². The van der Waals surface area contributed by atoms with E-state index in [2.05, 4.69) is 0 Å². The summed E-state index contributed by atoms with van der Waals surface area (Å²) in [7, 11) is 1.85. The Kier molecular flexibility index (Phi) is 5.07. The number of aryl methyl sites for hydroxylation is 1. The first-order valence-corrected chi connectivity index (χ1v) is 8.76. The van der Waals surface area contributed by atoms with Gasteiger partial charge >= 0.3 is 0 Å². The van der Waals surface area contributed by atoms with Crippen LogP contribution in [0.1, 0.15) is 17.0 Å². The molecule has 0 spiro atoms. The SMILES string of the molecule is CO[P@@](=O)(c1ccc(N(C)C)cc1)[C@H](O)c1ccc(C)cc1. The second-order valence-electron chi connectivity index (χ2n) is 5.47. The fourth-order valence-electron chi connectivity index (χ4n) is 2.24. The van der Waals surface area contributed by atoms with E-state index in [-0.39, 0.29) is 0 Å². The standard InChI is InChI=1S/C17H22NO3P/c1-13-5-7-14(8-6-13)17(19)22(20,21-4)16-11-9-15(10-12-16)18(2)3/h5-12,17,19H,1-4H3/t17-,22-/m0/s1. The third-order valence-corrected chi connectivity index (χ3v) is 6.20. The molecule has 0 saturated heterocycles. The molecule has 0 amide bonds. The van der Waals surface area contributed by atoms with Gasteiger partial charge in [0.25, 0.3) is 7.37 Å². The maximum Gasteiger partial charge on any atom is 0.263 e. The van der Waals surface area contributed by atoms with Crippen LogP contribution in [0.3, 0.4) is 0 Å². The summed E-state index contributed by atoms with van der Waals surface area (Å²) in [6.45, 7) is 1.96. The number of rotatable bonds is 5. The normalized spacial score (nSPS) is 15.1. The molecule has 1 N–H and O–H groups in total. The van der Waals surface area contributed by atoms with Gasteiger partial charge in [-0.15, -0.1) is 0 Å².